The molecule has 0 radical (unpaired) electrons. The van der Waals surface area contributed by atoms with Gasteiger partial charge >= 0.3 is 0 Å². The Bertz CT molecular complexity index is 725. The number of hydrogen-bond acceptors (Lipinski definition) is 3. The molecule has 98 valence electrons. The molecule has 0 saturated heterocycles. The predicted molar refractivity (Wildman–Crippen MR) is 74.8 cm³/mol. The molecule has 0 saturated carbocycles. The molecule has 0 fully saturated rings. The zero-order valence-corrected chi connectivity index (χ0v) is 10.7. The molecule has 20 heavy (non-hydrogen) atoms. The average Bonchev–Trinajstić information content (AvgIpc) is 2.47. The summed E-state index contributed by atoms with van der Waals surface area (Å²) in [5, 5.41) is 9.59. The van der Waals surface area contributed by atoms with Crippen molar-refractivity contribution in [2.45, 2.75) is 12.5 Å². The Hall–Kier alpha value is -2.73. The van der Waals surface area contributed by atoms with E-state index in [0.29, 0.717) is 16.9 Å². The summed E-state index contributed by atoms with van der Waals surface area (Å²) in [5.41, 5.74) is 1.80. The number of hydrogen-bond donors (Lipinski definition) is 1. The number of fused-ring (bicyclic) bond motifs is 1. The molecule has 0 spiro atoms. The van der Waals surface area contributed by atoms with Crippen molar-refractivity contribution in [2.75, 3.05) is 0 Å². The number of terminal acetylenes is 1. The molecule has 1 N–H and O–H groups in total. The minimum Gasteiger partial charge on any atom is -0.507 e. The second-order valence-corrected chi connectivity index (χ2v) is 4.65. The van der Waals surface area contributed by atoms with Crippen molar-refractivity contribution in [1.29, 1.82) is 0 Å². The zero-order chi connectivity index (χ0) is 14.1. The molecule has 0 bridgehead atoms. The zero-order valence-electron chi connectivity index (χ0n) is 10.7. The summed E-state index contributed by atoms with van der Waals surface area (Å²) in [4.78, 5) is 12.1. The van der Waals surface area contributed by atoms with Crippen LogP contribution in [0.1, 0.15) is 34.0 Å². The lowest BCUT2D eigenvalue weighted by Crippen LogP contribution is -2.20. The number of carbonyl (C=O) groups is 1. The Labute approximate surface area is 116 Å². The molecule has 2 aromatic rings. The molecule has 1 unspecified atom stereocenters. The summed E-state index contributed by atoms with van der Waals surface area (Å²) in [6.45, 7) is 0. The molecular weight excluding hydrogens is 252 g/mol. The van der Waals surface area contributed by atoms with Gasteiger partial charge in [-0.2, -0.15) is 0 Å². The molecule has 3 rings (SSSR count). The van der Waals surface area contributed by atoms with Gasteiger partial charge in [-0.1, -0.05) is 24.1 Å². The van der Waals surface area contributed by atoms with E-state index in [9.17, 15) is 9.90 Å². The van der Waals surface area contributed by atoms with Crippen LogP contribution in [-0.4, -0.2) is 10.9 Å². The summed E-state index contributed by atoms with van der Waals surface area (Å²) in [5.74, 6) is 3.10. The fourth-order valence-electron chi connectivity index (χ4n) is 2.33. The highest BCUT2D eigenvalue weighted by molar-refractivity contribution is 5.99. The molecule has 3 heteroatoms. The van der Waals surface area contributed by atoms with Crippen molar-refractivity contribution < 1.29 is 14.6 Å². The minimum atomic E-state index is -0.370. The summed E-state index contributed by atoms with van der Waals surface area (Å²) in [6, 6.07) is 12.1. The SMILES string of the molecule is C#Cc1cc(C2CC(=O)c3ccccc3O2)ccc1O. The van der Waals surface area contributed by atoms with Gasteiger partial charge in [0.05, 0.1) is 17.5 Å². The van der Waals surface area contributed by atoms with Crippen molar-refractivity contribution in [3.63, 3.8) is 0 Å². The van der Waals surface area contributed by atoms with Gasteiger partial charge in [-0.15, -0.1) is 6.42 Å². The largest absolute Gasteiger partial charge is 0.507 e. The molecule has 0 amide bonds. The first-order valence-electron chi connectivity index (χ1n) is 6.27. The number of phenolic OH excluding ortho intramolecular Hbond substituents is 1. The maximum atomic E-state index is 12.1. The van der Waals surface area contributed by atoms with Crippen LogP contribution in [0.15, 0.2) is 42.5 Å². The van der Waals surface area contributed by atoms with Crippen LogP contribution >= 0.6 is 0 Å². The van der Waals surface area contributed by atoms with E-state index in [0.717, 1.165) is 5.56 Å². The van der Waals surface area contributed by atoms with Gasteiger partial charge in [0, 0.05) is 0 Å². The van der Waals surface area contributed by atoms with Crippen molar-refractivity contribution >= 4 is 5.78 Å². The van der Waals surface area contributed by atoms with Crippen LogP contribution in [0.2, 0.25) is 0 Å². The third-order valence-corrected chi connectivity index (χ3v) is 3.38. The smallest absolute Gasteiger partial charge is 0.170 e. The normalized spacial score (nSPS) is 16.9. The highest BCUT2D eigenvalue weighted by Crippen LogP contribution is 2.35. The summed E-state index contributed by atoms with van der Waals surface area (Å²) in [6.07, 6.45) is 5.23. The molecular formula is C17H12O3. The molecule has 1 heterocycles. The molecule has 3 nitrogen and oxygen atoms in total. The second kappa shape index (κ2) is 4.75. The van der Waals surface area contributed by atoms with E-state index < -0.39 is 0 Å². The van der Waals surface area contributed by atoms with Gasteiger partial charge in [-0.25, -0.2) is 0 Å². The van der Waals surface area contributed by atoms with E-state index in [1.165, 1.54) is 6.07 Å². The Morgan fingerprint density at radius 1 is 1.25 bits per heavy atom. The number of Topliss-reactive ketones (excluding diaryl/α,β-unsaturated/α-hetero) is 1. The van der Waals surface area contributed by atoms with Gasteiger partial charge < -0.3 is 9.84 Å². The first kappa shape index (κ1) is 12.3. The van der Waals surface area contributed by atoms with Crippen LogP contribution in [0.25, 0.3) is 0 Å². The molecule has 1 atom stereocenters. The van der Waals surface area contributed by atoms with Crippen molar-refractivity contribution in [3.8, 4) is 23.8 Å². The van der Waals surface area contributed by atoms with Crippen LogP contribution in [-0.2, 0) is 0 Å². The number of para-hydroxylation sites is 1. The fraction of sp³-hybridized carbons (Fsp3) is 0.118. The summed E-state index contributed by atoms with van der Waals surface area (Å²) in [7, 11) is 0. The first-order valence-corrected chi connectivity index (χ1v) is 6.27. The van der Waals surface area contributed by atoms with E-state index in [4.69, 9.17) is 11.2 Å². The van der Waals surface area contributed by atoms with Crippen molar-refractivity contribution in [2.24, 2.45) is 0 Å². The number of rotatable bonds is 1. The molecule has 1 aliphatic heterocycles. The minimum absolute atomic E-state index is 0.0483. The lowest BCUT2D eigenvalue weighted by atomic mass is 9.95. The van der Waals surface area contributed by atoms with E-state index in [1.807, 2.05) is 12.1 Å². The number of carbonyl (C=O) groups excluding carboxylic acids is 1. The van der Waals surface area contributed by atoms with E-state index in [2.05, 4.69) is 5.92 Å². The topological polar surface area (TPSA) is 46.5 Å². The van der Waals surface area contributed by atoms with Crippen LogP contribution in [0, 0.1) is 12.3 Å². The highest BCUT2D eigenvalue weighted by atomic mass is 16.5. The van der Waals surface area contributed by atoms with E-state index in [1.54, 1.807) is 24.3 Å². The number of phenols is 1. The summed E-state index contributed by atoms with van der Waals surface area (Å²) >= 11 is 0. The number of ether oxygens (including phenoxy) is 1. The Morgan fingerprint density at radius 2 is 2.05 bits per heavy atom. The Balaban J connectivity index is 1.98. The predicted octanol–water partition coefficient (Wildman–Crippen LogP) is 3.08. The van der Waals surface area contributed by atoms with Crippen LogP contribution in [0.3, 0.4) is 0 Å². The molecule has 0 aromatic heterocycles. The van der Waals surface area contributed by atoms with Gasteiger partial charge in [0.2, 0.25) is 0 Å². The maximum Gasteiger partial charge on any atom is 0.170 e. The number of aromatic hydroxyl groups is 1. The maximum absolute atomic E-state index is 12.1. The Kier molecular flexibility index (Phi) is 2.92. The van der Waals surface area contributed by atoms with Crippen LogP contribution < -0.4 is 4.74 Å². The van der Waals surface area contributed by atoms with Crippen LogP contribution in [0.4, 0.5) is 0 Å². The van der Waals surface area contributed by atoms with Gasteiger partial charge in [-0.3, -0.25) is 4.79 Å². The number of benzene rings is 2. The lowest BCUT2D eigenvalue weighted by Gasteiger charge is -2.25. The lowest BCUT2D eigenvalue weighted by molar-refractivity contribution is 0.0850. The van der Waals surface area contributed by atoms with Crippen LogP contribution in [0.5, 0.6) is 11.5 Å². The highest BCUT2D eigenvalue weighted by Gasteiger charge is 2.27. The standard InChI is InChI=1S/C17H12O3/c1-2-11-9-12(7-8-14(11)18)17-10-15(19)13-5-3-4-6-16(13)20-17/h1,3-9,17-18H,10H2. The molecule has 1 aliphatic rings. The monoisotopic (exact) mass is 264 g/mol. The quantitative estimate of drug-likeness (QED) is 0.805. The fourth-order valence-corrected chi connectivity index (χ4v) is 2.33. The first-order chi connectivity index (χ1) is 9.69. The van der Waals surface area contributed by atoms with E-state index in [-0.39, 0.29) is 24.1 Å². The van der Waals surface area contributed by atoms with Gasteiger partial charge in [0.25, 0.3) is 0 Å². The van der Waals surface area contributed by atoms with Crippen molar-refractivity contribution in [3.05, 3.63) is 59.2 Å². The van der Waals surface area contributed by atoms with E-state index >= 15 is 0 Å². The van der Waals surface area contributed by atoms with Gasteiger partial charge in [0.15, 0.2) is 5.78 Å². The average molecular weight is 264 g/mol. The third-order valence-electron chi connectivity index (χ3n) is 3.38. The number of ketones is 1. The second-order valence-electron chi connectivity index (χ2n) is 4.65. The Morgan fingerprint density at radius 3 is 2.85 bits per heavy atom. The van der Waals surface area contributed by atoms with Crippen molar-refractivity contribution in [1.82, 2.24) is 0 Å². The molecule has 2 aromatic carbocycles. The molecule has 0 aliphatic carbocycles. The summed E-state index contributed by atoms with van der Waals surface area (Å²) < 4.78 is 5.86. The third kappa shape index (κ3) is 2.02. The van der Waals surface area contributed by atoms with Gasteiger partial charge in [0.1, 0.15) is 17.6 Å². The van der Waals surface area contributed by atoms with Gasteiger partial charge in [-0.05, 0) is 29.8 Å².